The highest BCUT2D eigenvalue weighted by Crippen LogP contribution is 2.26. The third kappa shape index (κ3) is 12.5. The first-order valence-corrected chi connectivity index (χ1v) is 13.7. The molecule has 1 rings (SSSR count). The summed E-state index contributed by atoms with van der Waals surface area (Å²) in [6.45, 7) is 9.92. The van der Waals surface area contributed by atoms with Crippen molar-refractivity contribution >= 4 is 5.97 Å². The van der Waals surface area contributed by atoms with Gasteiger partial charge in [0.15, 0.2) is 0 Å². The van der Waals surface area contributed by atoms with Crippen LogP contribution in [0.1, 0.15) is 79.6 Å². The van der Waals surface area contributed by atoms with E-state index in [0.29, 0.717) is 12.8 Å². The smallest absolute Gasteiger partial charge is 0.331 e. The Kier molecular flexibility index (Phi) is 15.9. The van der Waals surface area contributed by atoms with E-state index in [0.717, 1.165) is 25.7 Å². The van der Waals surface area contributed by atoms with Gasteiger partial charge >= 0.3 is 5.97 Å². The number of esters is 1. The van der Waals surface area contributed by atoms with E-state index in [2.05, 4.69) is 0 Å². The van der Waals surface area contributed by atoms with E-state index in [4.69, 9.17) is 4.74 Å². The van der Waals surface area contributed by atoms with Crippen LogP contribution in [0.5, 0.6) is 0 Å². The van der Waals surface area contributed by atoms with Crippen molar-refractivity contribution in [1.82, 2.24) is 0 Å². The molecule has 0 amide bonds. The lowest BCUT2D eigenvalue weighted by atomic mass is 9.85. The minimum atomic E-state index is -0.800. The second kappa shape index (κ2) is 17.7. The van der Waals surface area contributed by atoms with Gasteiger partial charge in [-0.15, -0.1) is 0 Å². The SMILES string of the molecule is CC/C=C\[C@H](C)C1OC(=O)/C=C\C=C\C[C@@H](O)C[C@H](O)/C=C\[C@H](C)[C@H](O)[C@@H](C)CCCCC(O)[C@@H]1C. The maximum atomic E-state index is 12.5. The predicted molar refractivity (Wildman–Crippen MR) is 145 cm³/mol. The maximum absolute atomic E-state index is 12.5. The molecule has 6 heteroatoms. The number of rotatable bonds is 3. The zero-order valence-electron chi connectivity index (χ0n) is 22.9. The summed E-state index contributed by atoms with van der Waals surface area (Å²) in [5.41, 5.74) is 0. The fourth-order valence-electron chi connectivity index (χ4n) is 4.64. The highest BCUT2D eigenvalue weighted by Gasteiger charge is 2.30. The minimum absolute atomic E-state index is 0.0423. The van der Waals surface area contributed by atoms with Gasteiger partial charge in [0.25, 0.3) is 0 Å². The molecule has 0 fully saturated rings. The number of aliphatic hydroxyl groups excluding tert-OH is 4. The highest BCUT2D eigenvalue weighted by atomic mass is 16.5. The number of ether oxygens (including phenoxy) is 1. The van der Waals surface area contributed by atoms with Gasteiger partial charge in [-0.2, -0.15) is 0 Å². The summed E-state index contributed by atoms with van der Waals surface area (Å²) in [6.07, 6.45) is 15.3. The van der Waals surface area contributed by atoms with Crippen LogP contribution in [0, 0.1) is 23.7 Å². The standard InChI is InChI=1S/C30H50O6/c1-6-7-13-23(4)30-24(5)27(33)16-12-11-14-21(2)29(35)22(3)18-19-26(32)20-25(31)15-9-8-10-17-28(34)36-30/h7-10,13,17-19,21-27,29-33,35H,6,11-12,14-16,20H2,1-5H3/b9-8+,13-7-,17-10-,19-18-/t21-,22-,23-,24-,25+,26+,27?,29+,30?/m0/s1. The normalized spacial score (nSPS) is 38.3. The summed E-state index contributed by atoms with van der Waals surface area (Å²) < 4.78 is 5.79. The monoisotopic (exact) mass is 506 g/mol. The second-order valence-electron chi connectivity index (χ2n) is 10.5. The zero-order valence-corrected chi connectivity index (χ0v) is 22.9. The van der Waals surface area contributed by atoms with Gasteiger partial charge in [-0.05, 0) is 31.6 Å². The third-order valence-electron chi connectivity index (χ3n) is 7.14. The number of cyclic esters (lactones) is 1. The lowest BCUT2D eigenvalue weighted by Crippen LogP contribution is -2.37. The first-order chi connectivity index (χ1) is 17.1. The van der Waals surface area contributed by atoms with E-state index in [1.165, 1.54) is 6.08 Å². The zero-order chi connectivity index (χ0) is 27.1. The van der Waals surface area contributed by atoms with E-state index in [9.17, 15) is 25.2 Å². The molecule has 0 radical (unpaired) electrons. The topological polar surface area (TPSA) is 107 Å². The van der Waals surface area contributed by atoms with Crippen LogP contribution in [0.2, 0.25) is 0 Å². The summed E-state index contributed by atoms with van der Waals surface area (Å²) in [6, 6.07) is 0. The lowest BCUT2D eigenvalue weighted by molar-refractivity contribution is -0.150. The van der Waals surface area contributed by atoms with Gasteiger partial charge in [-0.3, -0.25) is 0 Å². The summed E-state index contributed by atoms with van der Waals surface area (Å²) >= 11 is 0. The molecule has 0 aromatic rings. The van der Waals surface area contributed by atoms with E-state index in [1.807, 2.05) is 52.8 Å². The molecule has 0 aliphatic carbocycles. The molecule has 0 saturated carbocycles. The molecule has 1 aliphatic heterocycles. The Morgan fingerprint density at radius 1 is 1.06 bits per heavy atom. The molecule has 36 heavy (non-hydrogen) atoms. The fourth-order valence-corrected chi connectivity index (χ4v) is 4.64. The first-order valence-electron chi connectivity index (χ1n) is 13.7. The first kappa shape index (κ1) is 32.3. The van der Waals surface area contributed by atoms with Crippen LogP contribution in [0.15, 0.2) is 48.6 Å². The number of carbonyl (C=O) groups excluding carboxylic acids is 1. The van der Waals surface area contributed by atoms with Crippen molar-refractivity contribution in [3.05, 3.63) is 48.6 Å². The average molecular weight is 507 g/mol. The molecule has 9 atom stereocenters. The Labute approximate surface area is 218 Å². The third-order valence-corrected chi connectivity index (χ3v) is 7.14. The van der Waals surface area contributed by atoms with E-state index < -0.39 is 36.5 Å². The van der Waals surface area contributed by atoms with Crippen LogP contribution in [0.25, 0.3) is 0 Å². The largest absolute Gasteiger partial charge is 0.458 e. The lowest BCUT2D eigenvalue weighted by Gasteiger charge is -2.31. The number of allylic oxidation sites excluding steroid dienone is 3. The van der Waals surface area contributed by atoms with E-state index >= 15 is 0 Å². The van der Waals surface area contributed by atoms with Gasteiger partial charge in [0.1, 0.15) is 6.10 Å². The highest BCUT2D eigenvalue weighted by molar-refractivity contribution is 5.82. The molecule has 1 heterocycles. The summed E-state index contributed by atoms with van der Waals surface area (Å²) in [5.74, 6) is -0.792. The van der Waals surface area contributed by atoms with Gasteiger partial charge in [-0.1, -0.05) is 90.0 Å². The van der Waals surface area contributed by atoms with Crippen molar-refractivity contribution in [1.29, 1.82) is 0 Å². The predicted octanol–water partition coefficient (Wildman–Crippen LogP) is 4.88. The molecule has 0 aromatic carbocycles. The van der Waals surface area contributed by atoms with Gasteiger partial charge in [0, 0.05) is 30.3 Å². The van der Waals surface area contributed by atoms with Crippen LogP contribution in [0.4, 0.5) is 0 Å². The molecule has 6 nitrogen and oxygen atoms in total. The molecule has 0 spiro atoms. The Morgan fingerprint density at radius 3 is 2.44 bits per heavy atom. The molecular weight excluding hydrogens is 456 g/mol. The quantitative estimate of drug-likeness (QED) is 0.321. The molecule has 4 N–H and O–H groups in total. The molecule has 1 aliphatic rings. The van der Waals surface area contributed by atoms with Crippen LogP contribution in [0.3, 0.4) is 0 Å². The molecule has 0 bridgehead atoms. The second-order valence-corrected chi connectivity index (χ2v) is 10.5. The van der Waals surface area contributed by atoms with Gasteiger partial charge < -0.3 is 25.2 Å². The van der Waals surface area contributed by atoms with E-state index in [-0.39, 0.29) is 30.1 Å². The number of hydrogen-bond donors (Lipinski definition) is 4. The summed E-state index contributed by atoms with van der Waals surface area (Å²) in [4.78, 5) is 12.5. The summed E-state index contributed by atoms with van der Waals surface area (Å²) in [5, 5.41) is 42.0. The van der Waals surface area contributed by atoms with Crippen molar-refractivity contribution in [2.45, 2.75) is 110 Å². The van der Waals surface area contributed by atoms with Crippen molar-refractivity contribution < 1.29 is 30.0 Å². The average Bonchev–Trinajstić information content (AvgIpc) is 2.84. The minimum Gasteiger partial charge on any atom is -0.458 e. The molecular formula is C30H50O6. The Bertz CT molecular complexity index is 727. The van der Waals surface area contributed by atoms with E-state index in [1.54, 1.807) is 24.3 Å². The molecule has 0 saturated heterocycles. The van der Waals surface area contributed by atoms with Crippen LogP contribution in [-0.4, -0.2) is 56.9 Å². The van der Waals surface area contributed by atoms with Gasteiger partial charge in [0.2, 0.25) is 0 Å². The number of hydrogen-bond acceptors (Lipinski definition) is 6. The van der Waals surface area contributed by atoms with Crippen molar-refractivity contribution in [2.75, 3.05) is 0 Å². The van der Waals surface area contributed by atoms with Crippen molar-refractivity contribution in [3.63, 3.8) is 0 Å². The number of aliphatic hydroxyl groups is 4. The fraction of sp³-hybridized carbons (Fsp3) is 0.700. The van der Waals surface area contributed by atoms with Crippen molar-refractivity contribution in [3.8, 4) is 0 Å². The Balaban J connectivity index is 3.02. The molecule has 206 valence electrons. The van der Waals surface area contributed by atoms with Crippen LogP contribution >= 0.6 is 0 Å². The summed E-state index contributed by atoms with van der Waals surface area (Å²) in [7, 11) is 0. The number of carbonyl (C=O) groups is 1. The molecule has 0 aromatic heterocycles. The van der Waals surface area contributed by atoms with Crippen LogP contribution in [-0.2, 0) is 9.53 Å². The van der Waals surface area contributed by atoms with Crippen LogP contribution < -0.4 is 0 Å². The maximum Gasteiger partial charge on any atom is 0.331 e. The van der Waals surface area contributed by atoms with Gasteiger partial charge in [-0.25, -0.2) is 4.79 Å². The van der Waals surface area contributed by atoms with Gasteiger partial charge in [0.05, 0.1) is 24.4 Å². The molecule has 2 unspecified atom stereocenters. The van der Waals surface area contributed by atoms with Crippen molar-refractivity contribution in [2.24, 2.45) is 23.7 Å². The Morgan fingerprint density at radius 2 is 1.75 bits per heavy atom. The Hall–Kier alpha value is -1.73.